The smallest absolute Gasteiger partial charge is 0.301 e. The molecule has 0 atom stereocenters. The summed E-state index contributed by atoms with van der Waals surface area (Å²) in [6.45, 7) is -0.204. The van der Waals surface area contributed by atoms with Gasteiger partial charge in [0.25, 0.3) is 6.43 Å². The molecule has 0 bridgehead atoms. The lowest BCUT2D eigenvalue weighted by Gasteiger charge is -2.06. The van der Waals surface area contributed by atoms with Crippen LogP contribution in [0.1, 0.15) is 17.7 Å². The molecular weight excluding hydrogens is 323 g/mol. The number of pyridine rings is 1. The third kappa shape index (κ3) is 2.56. The normalized spacial score (nSPS) is 10.7. The first kappa shape index (κ1) is 12.2. The van der Waals surface area contributed by atoms with Gasteiger partial charge in [0.15, 0.2) is 3.70 Å². The van der Waals surface area contributed by atoms with Crippen molar-refractivity contribution in [1.82, 2.24) is 4.98 Å². The predicted octanol–water partition coefficient (Wildman–Crippen LogP) is 1.99. The summed E-state index contributed by atoms with van der Waals surface area (Å²) in [5.41, 5.74) is 4.41. The van der Waals surface area contributed by atoms with Gasteiger partial charge in [0.2, 0.25) is 0 Å². The van der Waals surface area contributed by atoms with Gasteiger partial charge in [-0.15, -0.1) is 0 Å². The second-order valence-electron chi connectivity index (χ2n) is 2.60. The molecular formula is C7H6F2IN3O2. The molecule has 0 saturated heterocycles. The van der Waals surface area contributed by atoms with E-state index in [-0.39, 0.29) is 21.5 Å². The predicted molar refractivity (Wildman–Crippen MR) is 56.5 cm³/mol. The lowest BCUT2D eigenvalue weighted by atomic mass is 10.2. The van der Waals surface area contributed by atoms with Gasteiger partial charge in [-0.2, -0.15) is 0 Å². The minimum Gasteiger partial charge on any atom is -0.326 e. The highest BCUT2D eigenvalue weighted by Gasteiger charge is 2.21. The molecule has 1 rings (SSSR count). The zero-order valence-electron chi connectivity index (χ0n) is 7.28. The van der Waals surface area contributed by atoms with Gasteiger partial charge in [0.1, 0.15) is 5.69 Å². The summed E-state index contributed by atoms with van der Waals surface area (Å²) in [5, 5.41) is 10.5. The molecule has 0 aliphatic heterocycles. The van der Waals surface area contributed by atoms with Gasteiger partial charge in [-0.1, -0.05) is 0 Å². The topological polar surface area (TPSA) is 82.0 Å². The summed E-state index contributed by atoms with van der Waals surface area (Å²) >= 11 is 1.54. The average molecular weight is 329 g/mol. The van der Waals surface area contributed by atoms with E-state index in [9.17, 15) is 18.9 Å². The highest BCUT2D eigenvalue weighted by atomic mass is 127. The quantitative estimate of drug-likeness (QED) is 0.398. The zero-order chi connectivity index (χ0) is 11.6. The Bertz CT molecular complexity index is 400. The molecule has 8 heteroatoms. The molecule has 5 nitrogen and oxygen atoms in total. The van der Waals surface area contributed by atoms with Crippen molar-refractivity contribution in [3.63, 3.8) is 0 Å². The van der Waals surface area contributed by atoms with Crippen LogP contribution >= 0.6 is 22.6 Å². The second kappa shape index (κ2) is 4.75. The molecule has 0 amide bonds. The lowest BCUT2D eigenvalue weighted by Crippen LogP contribution is -2.07. The van der Waals surface area contributed by atoms with Gasteiger partial charge in [0, 0.05) is 12.6 Å². The fourth-order valence-corrected chi connectivity index (χ4v) is 1.63. The molecule has 0 fully saturated rings. The number of nitrogens with zero attached hydrogens (tertiary/aromatic N) is 2. The van der Waals surface area contributed by atoms with E-state index in [0.717, 1.165) is 6.07 Å². The van der Waals surface area contributed by atoms with Gasteiger partial charge >= 0.3 is 5.69 Å². The minimum absolute atomic E-state index is 0.00267. The van der Waals surface area contributed by atoms with E-state index in [1.165, 1.54) is 0 Å². The maximum Gasteiger partial charge on any atom is 0.301 e. The third-order valence-corrected chi connectivity index (χ3v) is 2.49. The summed E-state index contributed by atoms with van der Waals surface area (Å²) in [6.07, 6.45) is -2.78. The van der Waals surface area contributed by atoms with Crippen LogP contribution in [0, 0.1) is 13.8 Å². The van der Waals surface area contributed by atoms with Crippen molar-refractivity contribution in [3.8, 4) is 0 Å². The largest absolute Gasteiger partial charge is 0.326 e. The summed E-state index contributed by atoms with van der Waals surface area (Å²) in [5.74, 6) is 0. The van der Waals surface area contributed by atoms with Gasteiger partial charge < -0.3 is 5.73 Å². The van der Waals surface area contributed by atoms with E-state index in [1.54, 1.807) is 22.6 Å². The van der Waals surface area contributed by atoms with Crippen LogP contribution in [0.2, 0.25) is 0 Å². The molecule has 0 spiro atoms. The fraction of sp³-hybridized carbons (Fsp3) is 0.286. The zero-order valence-corrected chi connectivity index (χ0v) is 9.44. The number of alkyl halides is 2. The first-order valence-electron chi connectivity index (χ1n) is 3.79. The number of aromatic nitrogens is 1. The van der Waals surface area contributed by atoms with Crippen molar-refractivity contribution in [2.45, 2.75) is 13.0 Å². The van der Waals surface area contributed by atoms with Crippen LogP contribution in [0.3, 0.4) is 0 Å². The first-order chi connectivity index (χ1) is 6.97. The highest BCUT2D eigenvalue weighted by Crippen LogP contribution is 2.27. The number of nitrogens with two attached hydrogens (primary N) is 1. The molecule has 0 unspecified atom stereocenters. The maximum absolute atomic E-state index is 12.4. The van der Waals surface area contributed by atoms with Gasteiger partial charge in [-0.3, -0.25) is 10.1 Å². The van der Waals surface area contributed by atoms with E-state index < -0.39 is 17.0 Å². The molecule has 0 aliphatic rings. The van der Waals surface area contributed by atoms with E-state index in [0.29, 0.717) is 0 Å². The van der Waals surface area contributed by atoms with Gasteiger partial charge in [0.05, 0.1) is 4.92 Å². The molecule has 0 saturated carbocycles. The highest BCUT2D eigenvalue weighted by molar-refractivity contribution is 14.1. The van der Waals surface area contributed by atoms with Crippen LogP contribution in [0.5, 0.6) is 0 Å². The third-order valence-electron chi connectivity index (χ3n) is 1.69. The summed E-state index contributed by atoms with van der Waals surface area (Å²) in [6, 6.07) is 1.04. The van der Waals surface area contributed by atoms with Crippen molar-refractivity contribution in [2.24, 2.45) is 5.73 Å². The summed E-state index contributed by atoms with van der Waals surface area (Å²) in [7, 11) is 0. The first-order valence-corrected chi connectivity index (χ1v) is 4.87. The van der Waals surface area contributed by atoms with Crippen molar-refractivity contribution < 1.29 is 13.7 Å². The molecule has 15 heavy (non-hydrogen) atoms. The molecule has 0 aromatic carbocycles. The van der Waals surface area contributed by atoms with Gasteiger partial charge in [-0.25, -0.2) is 13.8 Å². The van der Waals surface area contributed by atoms with Gasteiger partial charge in [-0.05, 0) is 28.2 Å². The Morgan fingerprint density at radius 1 is 1.67 bits per heavy atom. The van der Waals surface area contributed by atoms with E-state index in [1.807, 2.05) is 0 Å². The summed E-state index contributed by atoms with van der Waals surface area (Å²) in [4.78, 5) is 13.3. The number of rotatable bonds is 3. The Kier molecular flexibility index (Phi) is 3.85. The van der Waals surface area contributed by atoms with E-state index >= 15 is 0 Å². The Hall–Kier alpha value is -0.900. The SMILES string of the molecule is NCc1cc([N+](=O)[O-])c(I)nc1C(F)F. The maximum atomic E-state index is 12.4. The van der Waals surface area contributed by atoms with Crippen LogP contribution in [-0.4, -0.2) is 9.91 Å². The lowest BCUT2D eigenvalue weighted by molar-refractivity contribution is -0.386. The Labute approximate surface area is 97.0 Å². The molecule has 1 aromatic heterocycles. The molecule has 82 valence electrons. The molecule has 0 radical (unpaired) electrons. The van der Waals surface area contributed by atoms with Crippen LogP contribution in [0.4, 0.5) is 14.5 Å². The average Bonchev–Trinajstić information content (AvgIpc) is 2.16. The number of nitro groups is 1. The van der Waals surface area contributed by atoms with E-state index in [2.05, 4.69) is 4.98 Å². The number of halogens is 3. The monoisotopic (exact) mass is 329 g/mol. The fourth-order valence-electron chi connectivity index (χ4n) is 1.01. The van der Waals surface area contributed by atoms with Crippen LogP contribution in [-0.2, 0) is 6.54 Å². The molecule has 1 aromatic rings. The number of hydrogen-bond donors (Lipinski definition) is 1. The molecule has 0 aliphatic carbocycles. The molecule has 1 heterocycles. The van der Waals surface area contributed by atoms with Crippen LogP contribution in [0.15, 0.2) is 6.07 Å². The van der Waals surface area contributed by atoms with E-state index in [4.69, 9.17) is 5.73 Å². The standard InChI is InChI=1S/C7H6F2IN3O2/c8-6(9)5-3(2-11)1-4(13(14)15)7(10)12-5/h1,6H,2,11H2. The number of hydrogen-bond acceptors (Lipinski definition) is 4. The Balaban J connectivity index is 3.35. The Morgan fingerprint density at radius 2 is 2.27 bits per heavy atom. The second-order valence-corrected chi connectivity index (χ2v) is 3.63. The van der Waals surface area contributed by atoms with Crippen molar-refractivity contribution in [1.29, 1.82) is 0 Å². The minimum atomic E-state index is -2.78. The molecule has 2 N–H and O–H groups in total. The van der Waals surface area contributed by atoms with Crippen molar-refractivity contribution >= 4 is 28.3 Å². The van der Waals surface area contributed by atoms with Crippen LogP contribution < -0.4 is 5.73 Å². The Morgan fingerprint density at radius 3 is 2.67 bits per heavy atom. The summed E-state index contributed by atoms with van der Waals surface area (Å²) < 4.78 is 24.8. The van der Waals surface area contributed by atoms with Crippen molar-refractivity contribution in [2.75, 3.05) is 0 Å². The van der Waals surface area contributed by atoms with Crippen molar-refractivity contribution in [3.05, 3.63) is 31.1 Å². The van der Waals surface area contributed by atoms with Crippen LogP contribution in [0.25, 0.3) is 0 Å².